The molecule has 3 heterocycles. The molecule has 6 nitrogen and oxygen atoms in total. The molecule has 0 bridgehead atoms. The molecule has 2 aliphatic heterocycles. The van der Waals surface area contributed by atoms with E-state index in [9.17, 15) is 4.79 Å². The number of thiazole rings is 1. The topological polar surface area (TPSA) is 63.7 Å². The second kappa shape index (κ2) is 7.65. The molecular weight excluding hydrogens is 386 g/mol. The van der Waals surface area contributed by atoms with Crippen LogP contribution >= 0.6 is 11.3 Å². The summed E-state index contributed by atoms with van der Waals surface area (Å²) in [6, 6.07) is 13.6. The summed E-state index contributed by atoms with van der Waals surface area (Å²) in [6.45, 7) is 4.00. The molecule has 1 fully saturated rings. The van der Waals surface area contributed by atoms with Crippen LogP contribution in [0.25, 0.3) is 10.2 Å². The number of anilines is 1. The van der Waals surface area contributed by atoms with E-state index in [1.807, 2.05) is 31.2 Å². The normalized spacial score (nSPS) is 18.1. The second-order valence-corrected chi connectivity index (χ2v) is 8.63. The van der Waals surface area contributed by atoms with Crippen molar-refractivity contribution < 1.29 is 14.3 Å². The zero-order valence-corrected chi connectivity index (χ0v) is 17.1. The first-order chi connectivity index (χ1) is 14.2. The standard InChI is InChI=1S/C22H23N3O3S/c1-14(21(26)23-16-6-7-18-19(12-16)28-13-27-18)25-10-8-15(9-11-25)22-24-17-4-2-3-5-20(17)29-22/h2-7,12,14-15H,8-11,13H2,1H3,(H,23,26). The third kappa shape index (κ3) is 3.68. The monoisotopic (exact) mass is 409 g/mol. The van der Waals surface area contributed by atoms with Gasteiger partial charge in [0, 0.05) is 17.7 Å². The molecule has 2 aliphatic rings. The van der Waals surface area contributed by atoms with E-state index < -0.39 is 0 Å². The van der Waals surface area contributed by atoms with Crippen molar-refractivity contribution in [3.63, 3.8) is 0 Å². The van der Waals surface area contributed by atoms with Gasteiger partial charge in [0.2, 0.25) is 12.7 Å². The van der Waals surface area contributed by atoms with Crippen LogP contribution in [0.3, 0.4) is 0 Å². The Balaban J connectivity index is 1.19. The van der Waals surface area contributed by atoms with Crippen LogP contribution in [0, 0.1) is 0 Å². The van der Waals surface area contributed by atoms with Crippen LogP contribution < -0.4 is 14.8 Å². The Morgan fingerprint density at radius 2 is 1.97 bits per heavy atom. The van der Waals surface area contributed by atoms with Gasteiger partial charge in [0.1, 0.15) is 0 Å². The maximum atomic E-state index is 12.7. The lowest BCUT2D eigenvalue weighted by Gasteiger charge is -2.34. The lowest BCUT2D eigenvalue weighted by atomic mass is 9.96. The predicted molar refractivity (Wildman–Crippen MR) is 114 cm³/mol. The molecule has 0 saturated carbocycles. The number of aromatic nitrogens is 1. The van der Waals surface area contributed by atoms with E-state index in [1.165, 1.54) is 9.71 Å². The number of likely N-dealkylation sites (tertiary alicyclic amines) is 1. The first kappa shape index (κ1) is 18.4. The highest BCUT2D eigenvalue weighted by atomic mass is 32.1. The molecule has 5 rings (SSSR count). The fourth-order valence-corrected chi connectivity index (χ4v) is 5.12. The molecule has 29 heavy (non-hydrogen) atoms. The van der Waals surface area contributed by atoms with Crippen LogP contribution in [0.1, 0.15) is 30.7 Å². The van der Waals surface area contributed by atoms with E-state index in [1.54, 1.807) is 11.3 Å². The van der Waals surface area contributed by atoms with E-state index in [-0.39, 0.29) is 18.7 Å². The third-order valence-corrected chi connectivity index (χ3v) is 6.96. The SMILES string of the molecule is CC(C(=O)Nc1ccc2c(c1)OCO2)N1CCC(c2nc3ccccc3s2)CC1. The molecular formula is C22H23N3O3S. The summed E-state index contributed by atoms with van der Waals surface area (Å²) in [5, 5.41) is 4.23. The van der Waals surface area contributed by atoms with Crippen molar-refractivity contribution in [3.05, 3.63) is 47.5 Å². The molecule has 1 atom stereocenters. The number of amides is 1. The van der Waals surface area contributed by atoms with Crippen molar-refractivity contribution in [2.45, 2.75) is 31.7 Å². The molecule has 2 aromatic carbocycles. The maximum Gasteiger partial charge on any atom is 0.241 e. The number of carbonyl (C=O) groups is 1. The highest BCUT2D eigenvalue weighted by Crippen LogP contribution is 2.35. The number of hydrogen-bond acceptors (Lipinski definition) is 6. The molecule has 1 aromatic heterocycles. The molecule has 150 valence electrons. The van der Waals surface area contributed by atoms with Gasteiger partial charge in [-0.05, 0) is 57.1 Å². The first-order valence-electron chi connectivity index (χ1n) is 9.97. The number of carbonyl (C=O) groups excluding carboxylic acids is 1. The van der Waals surface area contributed by atoms with Gasteiger partial charge in [-0.25, -0.2) is 4.98 Å². The molecule has 0 spiro atoms. The average Bonchev–Trinajstić information content (AvgIpc) is 3.39. The van der Waals surface area contributed by atoms with Gasteiger partial charge >= 0.3 is 0 Å². The van der Waals surface area contributed by atoms with Crippen LogP contribution in [-0.4, -0.2) is 41.7 Å². The summed E-state index contributed by atoms with van der Waals surface area (Å²) >= 11 is 1.80. The first-order valence-corrected chi connectivity index (χ1v) is 10.8. The van der Waals surface area contributed by atoms with Crippen molar-refractivity contribution in [1.82, 2.24) is 9.88 Å². The molecule has 7 heteroatoms. The molecule has 0 radical (unpaired) electrons. The van der Waals surface area contributed by atoms with E-state index in [4.69, 9.17) is 14.5 Å². The van der Waals surface area contributed by atoms with Gasteiger partial charge in [0.25, 0.3) is 0 Å². The summed E-state index contributed by atoms with van der Waals surface area (Å²) in [6.07, 6.45) is 2.06. The van der Waals surface area contributed by atoms with Gasteiger partial charge in [-0.3, -0.25) is 9.69 Å². The number of nitrogens with zero attached hydrogens (tertiary/aromatic N) is 2. The van der Waals surface area contributed by atoms with Crippen molar-refractivity contribution >= 4 is 33.1 Å². The van der Waals surface area contributed by atoms with Crippen LogP contribution in [0.15, 0.2) is 42.5 Å². The summed E-state index contributed by atoms with van der Waals surface area (Å²) in [4.78, 5) is 19.8. The summed E-state index contributed by atoms with van der Waals surface area (Å²) in [5.74, 6) is 1.87. The van der Waals surface area contributed by atoms with Gasteiger partial charge in [0.15, 0.2) is 11.5 Å². The van der Waals surface area contributed by atoms with Crippen LogP contribution in [0.4, 0.5) is 5.69 Å². The van der Waals surface area contributed by atoms with Crippen molar-refractivity contribution in [1.29, 1.82) is 0 Å². The van der Waals surface area contributed by atoms with Gasteiger partial charge in [-0.15, -0.1) is 11.3 Å². The Morgan fingerprint density at radius 1 is 1.17 bits per heavy atom. The van der Waals surface area contributed by atoms with E-state index in [0.29, 0.717) is 17.4 Å². The zero-order chi connectivity index (χ0) is 19.8. The quantitative estimate of drug-likeness (QED) is 0.699. The molecule has 1 saturated heterocycles. The predicted octanol–water partition coefficient (Wildman–Crippen LogP) is 4.23. The summed E-state index contributed by atoms with van der Waals surface area (Å²) < 4.78 is 12.0. The lowest BCUT2D eigenvalue weighted by Crippen LogP contribution is -2.45. The van der Waals surface area contributed by atoms with Crippen LogP contribution in [-0.2, 0) is 4.79 Å². The summed E-state index contributed by atoms with van der Waals surface area (Å²) in [7, 11) is 0. The highest BCUT2D eigenvalue weighted by molar-refractivity contribution is 7.18. The van der Waals surface area contributed by atoms with Crippen molar-refractivity contribution in [2.75, 3.05) is 25.2 Å². The Labute approximate surface area is 173 Å². The third-order valence-electron chi connectivity index (χ3n) is 5.76. The average molecular weight is 410 g/mol. The van der Waals surface area contributed by atoms with Crippen LogP contribution in [0.5, 0.6) is 11.5 Å². The van der Waals surface area contributed by atoms with E-state index in [2.05, 4.69) is 28.4 Å². The van der Waals surface area contributed by atoms with Crippen molar-refractivity contribution in [2.24, 2.45) is 0 Å². The summed E-state index contributed by atoms with van der Waals surface area (Å²) in [5.41, 5.74) is 1.82. The van der Waals surface area contributed by atoms with Crippen LogP contribution in [0.2, 0.25) is 0 Å². The number of piperidine rings is 1. The number of rotatable bonds is 4. The minimum atomic E-state index is -0.184. The number of para-hydroxylation sites is 1. The fraction of sp³-hybridized carbons (Fsp3) is 0.364. The lowest BCUT2D eigenvalue weighted by molar-refractivity contribution is -0.121. The largest absolute Gasteiger partial charge is 0.454 e. The molecule has 1 unspecified atom stereocenters. The van der Waals surface area contributed by atoms with E-state index >= 15 is 0 Å². The van der Waals surface area contributed by atoms with Gasteiger partial charge < -0.3 is 14.8 Å². The molecule has 3 aromatic rings. The fourth-order valence-electron chi connectivity index (χ4n) is 3.99. The van der Waals surface area contributed by atoms with Gasteiger partial charge in [-0.1, -0.05) is 12.1 Å². The number of nitrogens with one attached hydrogen (secondary N) is 1. The Morgan fingerprint density at radius 3 is 2.79 bits per heavy atom. The molecule has 1 amide bonds. The number of fused-ring (bicyclic) bond motifs is 2. The number of hydrogen-bond donors (Lipinski definition) is 1. The number of ether oxygens (including phenoxy) is 2. The molecule has 1 N–H and O–H groups in total. The van der Waals surface area contributed by atoms with E-state index in [0.717, 1.165) is 37.1 Å². The minimum Gasteiger partial charge on any atom is -0.454 e. The Bertz CT molecular complexity index is 1010. The molecule has 0 aliphatic carbocycles. The maximum absolute atomic E-state index is 12.7. The smallest absolute Gasteiger partial charge is 0.241 e. The highest BCUT2D eigenvalue weighted by Gasteiger charge is 2.29. The number of benzene rings is 2. The second-order valence-electron chi connectivity index (χ2n) is 7.56. The van der Waals surface area contributed by atoms with Gasteiger partial charge in [-0.2, -0.15) is 0 Å². The zero-order valence-electron chi connectivity index (χ0n) is 16.3. The van der Waals surface area contributed by atoms with Crippen molar-refractivity contribution in [3.8, 4) is 11.5 Å². The minimum absolute atomic E-state index is 0.00213. The van der Waals surface area contributed by atoms with Gasteiger partial charge in [0.05, 0.1) is 21.3 Å². The Hall–Kier alpha value is -2.64. The Kier molecular flexibility index (Phi) is 4.85.